The molecular formula is C39H43N13O9. The lowest BCUT2D eigenvalue weighted by atomic mass is 10.0. The molecule has 1 saturated carbocycles. The van der Waals surface area contributed by atoms with Crippen molar-refractivity contribution in [3.05, 3.63) is 89.0 Å². The number of fused-ring (bicyclic) bond motifs is 1. The van der Waals surface area contributed by atoms with Crippen LogP contribution in [0.3, 0.4) is 0 Å². The number of primary amides is 2. The number of piperidine rings is 1. The van der Waals surface area contributed by atoms with Gasteiger partial charge in [0, 0.05) is 37.0 Å². The Bertz CT molecular complexity index is 2410. The predicted octanol–water partition coefficient (Wildman–Crippen LogP) is 0.247. The first-order valence-electron chi connectivity index (χ1n) is 19.7. The maximum absolute atomic E-state index is 13.3. The predicted molar refractivity (Wildman–Crippen MR) is 212 cm³/mol. The highest BCUT2D eigenvalue weighted by Crippen LogP contribution is 2.39. The number of rotatable bonds is 20. The van der Waals surface area contributed by atoms with Crippen LogP contribution in [0.2, 0.25) is 0 Å². The molecule has 1 aliphatic carbocycles. The zero-order valence-corrected chi connectivity index (χ0v) is 32.8. The molecule has 2 unspecified atom stereocenters. The van der Waals surface area contributed by atoms with Gasteiger partial charge in [-0.15, -0.1) is 5.10 Å². The van der Waals surface area contributed by atoms with Crippen molar-refractivity contribution in [3.8, 4) is 0 Å². The molecule has 2 fully saturated rings. The molecule has 4 aliphatic rings. The number of aromatic nitrogens is 6. The lowest BCUT2D eigenvalue weighted by molar-refractivity contribution is -0.136. The highest BCUT2D eigenvalue weighted by Gasteiger charge is 2.45. The highest BCUT2D eigenvalue weighted by atomic mass is 16.5. The fraction of sp³-hybridized carbons (Fsp3) is 0.385. The molecule has 22 nitrogen and oxygen atoms in total. The first-order valence-corrected chi connectivity index (χ1v) is 19.7. The van der Waals surface area contributed by atoms with Crippen LogP contribution < -0.4 is 32.3 Å². The van der Waals surface area contributed by atoms with Gasteiger partial charge in [-0.3, -0.25) is 48.6 Å². The fourth-order valence-corrected chi connectivity index (χ4v) is 7.23. The van der Waals surface area contributed by atoms with Crippen LogP contribution in [0, 0.1) is 5.92 Å². The van der Waals surface area contributed by atoms with Crippen LogP contribution in [0.15, 0.2) is 60.9 Å². The van der Waals surface area contributed by atoms with Gasteiger partial charge in [0.2, 0.25) is 18.0 Å². The summed E-state index contributed by atoms with van der Waals surface area (Å²) >= 11 is 0. The number of carbonyl (C=O) groups is 6. The molecule has 4 aromatic rings. The number of hydrogen-bond acceptors (Lipinski definition) is 16. The standard InChI is InChI=1S/C39H43N13O9/c40-34(54)29-21-61-39(23-8-9-43-30(16-23)44-17-22-4-5-22)51(29)28-20-50(47-33(28)35(41)55)19-24-18-49(48-46-24)11-13-60-15-14-59-12-10-42-26-3-1-2-25-32(26)38(58)52(37(25)57)27-6-7-31(53)45-36(27)56/h1-3,8-9,16,18,20-22,27,39,42H,4-7,10-15,17,19H2,(H2,40,54)(H2,41,55)(H,43,44)(H,45,53,56). The van der Waals surface area contributed by atoms with Crippen molar-refractivity contribution in [2.24, 2.45) is 17.4 Å². The summed E-state index contributed by atoms with van der Waals surface area (Å²) in [6.45, 7) is 2.81. The topological polar surface area (TPSA) is 286 Å². The minimum atomic E-state index is -1.04. The molecule has 2 atom stereocenters. The Morgan fingerprint density at radius 3 is 2.51 bits per heavy atom. The third kappa shape index (κ3) is 8.89. The molecule has 3 aromatic heterocycles. The number of amides is 6. The van der Waals surface area contributed by atoms with Crippen molar-refractivity contribution >= 4 is 52.6 Å². The summed E-state index contributed by atoms with van der Waals surface area (Å²) in [6, 6.07) is 7.37. The molecule has 0 bridgehead atoms. The molecule has 22 heteroatoms. The van der Waals surface area contributed by atoms with Gasteiger partial charge in [-0.25, -0.2) is 9.67 Å². The average Bonchev–Trinajstić information content (AvgIpc) is 3.50. The minimum absolute atomic E-state index is 0.0115. The Hall–Kier alpha value is -7.20. The van der Waals surface area contributed by atoms with Crippen LogP contribution in [0.25, 0.3) is 0 Å². The van der Waals surface area contributed by atoms with Crippen LogP contribution in [-0.4, -0.2) is 116 Å². The second-order valence-corrected chi connectivity index (χ2v) is 14.7. The van der Waals surface area contributed by atoms with E-state index in [1.807, 2.05) is 6.07 Å². The number of nitrogens with two attached hydrogens (primary N) is 2. The molecule has 1 aromatic carbocycles. The number of hydrogen-bond donors (Lipinski definition) is 5. The van der Waals surface area contributed by atoms with E-state index in [0.717, 1.165) is 11.4 Å². The lowest BCUT2D eigenvalue weighted by Crippen LogP contribution is -2.54. The van der Waals surface area contributed by atoms with E-state index in [1.54, 1.807) is 41.5 Å². The number of ether oxygens (including phenoxy) is 3. The van der Waals surface area contributed by atoms with Crippen molar-refractivity contribution in [1.29, 1.82) is 0 Å². The molecule has 8 rings (SSSR count). The summed E-state index contributed by atoms with van der Waals surface area (Å²) in [5.74, 6) is -2.59. The number of anilines is 3. The Balaban J connectivity index is 0.794. The molecule has 1 saturated heterocycles. The summed E-state index contributed by atoms with van der Waals surface area (Å²) in [5, 5.41) is 21.4. The fourth-order valence-electron chi connectivity index (χ4n) is 7.23. The largest absolute Gasteiger partial charge is 0.471 e. The van der Waals surface area contributed by atoms with Crippen molar-refractivity contribution < 1.29 is 43.0 Å². The zero-order valence-electron chi connectivity index (χ0n) is 32.8. The number of nitrogens with zero attached hydrogens (tertiary/aromatic N) is 8. The first kappa shape index (κ1) is 40.6. The zero-order chi connectivity index (χ0) is 42.6. The van der Waals surface area contributed by atoms with Crippen molar-refractivity contribution in [3.63, 3.8) is 0 Å². The van der Waals surface area contributed by atoms with Gasteiger partial charge in [-0.2, -0.15) is 5.10 Å². The summed E-state index contributed by atoms with van der Waals surface area (Å²) in [4.78, 5) is 82.3. The Morgan fingerprint density at radius 2 is 1.74 bits per heavy atom. The third-order valence-electron chi connectivity index (χ3n) is 10.4. The quantitative estimate of drug-likeness (QED) is 0.0589. The van der Waals surface area contributed by atoms with Crippen LogP contribution in [0.1, 0.15) is 74.4 Å². The average molecular weight is 838 g/mol. The molecule has 0 radical (unpaired) electrons. The molecule has 318 valence electrons. The van der Waals surface area contributed by atoms with Crippen molar-refractivity contribution in [2.75, 3.05) is 55.1 Å². The van der Waals surface area contributed by atoms with Gasteiger partial charge in [0.05, 0.1) is 68.7 Å². The van der Waals surface area contributed by atoms with Crippen molar-refractivity contribution in [1.82, 2.24) is 40.0 Å². The van der Waals surface area contributed by atoms with Gasteiger partial charge in [-0.05, 0) is 49.4 Å². The maximum Gasteiger partial charge on any atom is 0.271 e. The van der Waals surface area contributed by atoms with E-state index in [1.165, 1.54) is 34.8 Å². The van der Waals surface area contributed by atoms with Gasteiger partial charge < -0.3 is 36.3 Å². The summed E-state index contributed by atoms with van der Waals surface area (Å²) in [7, 11) is 0. The molecule has 7 N–H and O–H groups in total. The Labute approximate surface area is 347 Å². The van der Waals surface area contributed by atoms with Gasteiger partial charge in [0.1, 0.15) is 29.5 Å². The Morgan fingerprint density at radius 1 is 0.918 bits per heavy atom. The van der Waals surface area contributed by atoms with Crippen LogP contribution in [0.5, 0.6) is 0 Å². The number of carbonyl (C=O) groups excluding carboxylic acids is 6. The highest BCUT2D eigenvalue weighted by molar-refractivity contribution is 6.25. The molecular weight excluding hydrogens is 795 g/mol. The van der Waals surface area contributed by atoms with Gasteiger partial charge >= 0.3 is 0 Å². The summed E-state index contributed by atoms with van der Waals surface area (Å²) < 4.78 is 20.3. The van der Waals surface area contributed by atoms with E-state index in [2.05, 4.69) is 36.3 Å². The normalized spacial score (nSPS) is 18.5. The Kier molecular flexibility index (Phi) is 11.7. The minimum Gasteiger partial charge on any atom is -0.471 e. The van der Waals surface area contributed by atoms with E-state index >= 15 is 0 Å². The van der Waals surface area contributed by atoms with E-state index in [-0.39, 0.29) is 60.8 Å². The molecule has 6 heterocycles. The molecule has 61 heavy (non-hydrogen) atoms. The summed E-state index contributed by atoms with van der Waals surface area (Å²) in [6.07, 6.45) is 7.77. The van der Waals surface area contributed by atoms with Gasteiger partial charge in [0.25, 0.3) is 23.6 Å². The van der Waals surface area contributed by atoms with Crippen LogP contribution in [-0.2, 0) is 41.7 Å². The van der Waals surface area contributed by atoms with E-state index in [0.29, 0.717) is 55.0 Å². The van der Waals surface area contributed by atoms with E-state index < -0.39 is 47.7 Å². The van der Waals surface area contributed by atoms with Gasteiger partial charge in [0.15, 0.2) is 5.69 Å². The van der Waals surface area contributed by atoms with Crippen molar-refractivity contribution in [2.45, 2.75) is 51.0 Å². The molecule has 3 aliphatic heterocycles. The van der Waals surface area contributed by atoms with Crippen LogP contribution in [0.4, 0.5) is 17.2 Å². The second kappa shape index (κ2) is 17.6. The van der Waals surface area contributed by atoms with E-state index in [9.17, 15) is 28.8 Å². The molecule has 6 amide bonds. The third-order valence-corrected chi connectivity index (χ3v) is 10.4. The monoisotopic (exact) mass is 837 g/mol. The molecule has 0 spiro atoms. The van der Waals surface area contributed by atoms with E-state index in [4.69, 9.17) is 25.7 Å². The summed E-state index contributed by atoms with van der Waals surface area (Å²) in [5.41, 5.74) is 13.6. The number of imide groups is 2. The smallest absolute Gasteiger partial charge is 0.271 e. The maximum atomic E-state index is 13.3. The number of pyridine rings is 1. The lowest BCUT2D eigenvalue weighted by Gasteiger charge is -2.27. The number of benzene rings is 1. The second-order valence-electron chi connectivity index (χ2n) is 14.7. The number of nitrogens with one attached hydrogen (secondary N) is 3. The first-order chi connectivity index (χ1) is 29.5. The SMILES string of the molecule is NC(=O)C1=COC(c2ccnc(NCC3CC3)c2)N1c1cn(Cc2cn(CCOCCOCCNc3cccc4c3C(=O)N(C3CCC(=O)NC3=O)C4=O)nn2)nc1C(N)=O. The van der Waals surface area contributed by atoms with Gasteiger partial charge in [-0.1, -0.05) is 11.3 Å². The van der Waals surface area contributed by atoms with Crippen LogP contribution >= 0.6 is 0 Å².